The number of halogens is 2. The van der Waals surface area contributed by atoms with Crippen LogP contribution in [0.25, 0.3) is 6.08 Å². The number of hydrogen-bond donors (Lipinski definition) is 0. The van der Waals surface area contributed by atoms with Crippen molar-refractivity contribution < 1.29 is 18.8 Å². The Balaban J connectivity index is 2.96. The van der Waals surface area contributed by atoms with E-state index in [0.29, 0.717) is 0 Å². The molecule has 102 valence electrons. The third-order valence-electron chi connectivity index (χ3n) is 1.99. The van der Waals surface area contributed by atoms with Crippen molar-refractivity contribution in [2.24, 2.45) is 0 Å². The molecule has 0 aliphatic heterocycles. The average molecular weight is 288 g/mol. The first-order chi connectivity index (χ1) is 8.81. The summed E-state index contributed by atoms with van der Waals surface area (Å²) in [7, 11) is 0. The lowest BCUT2D eigenvalue weighted by molar-refractivity contribution is -0.387. The average Bonchev–Trinajstić information content (AvgIpc) is 2.23. The SMILES string of the molecule is CC(C)OC(=O)/C=C/c1cc(F)c([N+](=O)[O-])c(Cl)c1. The van der Waals surface area contributed by atoms with Crippen LogP contribution in [0.3, 0.4) is 0 Å². The molecular formula is C12H11ClFNO4. The summed E-state index contributed by atoms with van der Waals surface area (Å²) in [6.07, 6.45) is 2.09. The van der Waals surface area contributed by atoms with Gasteiger partial charge in [-0.15, -0.1) is 0 Å². The quantitative estimate of drug-likeness (QED) is 0.368. The van der Waals surface area contributed by atoms with E-state index < -0.39 is 22.4 Å². The topological polar surface area (TPSA) is 69.4 Å². The molecule has 0 atom stereocenters. The van der Waals surface area contributed by atoms with E-state index in [9.17, 15) is 19.3 Å². The van der Waals surface area contributed by atoms with Gasteiger partial charge in [0.2, 0.25) is 5.82 Å². The van der Waals surface area contributed by atoms with Gasteiger partial charge in [-0.3, -0.25) is 10.1 Å². The lowest BCUT2D eigenvalue weighted by atomic mass is 10.2. The molecule has 0 aromatic heterocycles. The minimum absolute atomic E-state index is 0.230. The Morgan fingerprint density at radius 1 is 1.53 bits per heavy atom. The summed E-state index contributed by atoms with van der Waals surface area (Å²) in [6.45, 7) is 3.38. The van der Waals surface area contributed by atoms with Crippen LogP contribution in [0.15, 0.2) is 18.2 Å². The van der Waals surface area contributed by atoms with Gasteiger partial charge in [-0.25, -0.2) is 4.79 Å². The fourth-order valence-electron chi connectivity index (χ4n) is 1.29. The maximum absolute atomic E-state index is 13.4. The molecule has 5 nitrogen and oxygen atoms in total. The number of hydrogen-bond acceptors (Lipinski definition) is 4. The zero-order chi connectivity index (χ0) is 14.6. The number of carbonyl (C=O) groups excluding carboxylic acids is 1. The molecule has 0 N–H and O–H groups in total. The third-order valence-corrected chi connectivity index (χ3v) is 2.27. The molecule has 0 saturated heterocycles. The maximum atomic E-state index is 13.4. The Bertz CT molecular complexity index is 520. The lowest BCUT2D eigenvalue weighted by Gasteiger charge is -2.04. The third kappa shape index (κ3) is 4.33. The molecule has 0 bridgehead atoms. The molecule has 0 radical (unpaired) electrons. The Morgan fingerprint density at radius 3 is 2.63 bits per heavy atom. The van der Waals surface area contributed by atoms with Crippen molar-refractivity contribution in [1.82, 2.24) is 0 Å². The van der Waals surface area contributed by atoms with E-state index in [2.05, 4.69) is 0 Å². The minimum Gasteiger partial charge on any atom is -0.460 e. The second-order valence-electron chi connectivity index (χ2n) is 3.91. The van der Waals surface area contributed by atoms with Crippen molar-refractivity contribution >= 4 is 29.3 Å². The summed E-state index contributed by atoms with van der Waals surface area (Å²) < 4.78 is 18.3. The first-order valence-corrected chi connectivity index (χ1v) is 5.71. The number of ether oxygens (including phenoxy) is 1. The number of esters is 1. The summed E-state index contributed by atoms with van der Waals surface area (Å²) in [5, 5.41) is 10.2. The molecule has 0 unspecified atom stereocenters. The predicted octanol–water partition coefficient (Wildman–Crippen LogP) is 3.35. The zero-order valence-electron chi connectivity index (χ0n) is 10.2. The van der Waals surface area contributed by atoms with Crippen molar-refractivity contribution in [3.8, 4) is 0 Å². The number of nitrogens with zero attached hydrogens (tertiary/aromatic N) is 1. The molecular weight excluding hydrogens is 277 g/mol. The highest BCUT2D eigenvalue weighted by molar-refractivity contribution is 6.32. The lowest BCUT2D eigenvalue weighted by Crippen LogP contribution is -2.08. The Hall–Kier alpha value is -1.95. The Kier molecular flexibility index (Phi) is 5.00. The van der Waals surface area contributed by atoms with Crippen LogP contribution in [-0.4, -0.2) is 17.0 Å². The van der Waals surface area contributed by atoms with E-state index >= 15 is 0 Å². The van der Waals surface area contributed by atoms with Crippen LogP contribution in [0.2, 0.25) is 5.02 Å². The van der Waals surface area contributed by atoms with Gasteiger partial charge < -0.3 is 4.74 Å². The van der Waals surface area contributed by atoms with Gasteiger partial charge in [-0.2, -0.15) is 4.39 Å². The van der Waals surface area contributed by atoms with E-state index in [1.54, 1.807) is 13.8 Å². The molecule has 0 spiro atoms. The first-order valence-electron chi connectivity index (χ1n) is 5.33. The van der Waals surface area contributed by atoms with Crippen LogP contribution < -0.4 is 0 Å². The zero-order valence-corrected chi connectivity index (χ0v) is 11.0. The number of nitro groups is 1. The fraction of sp³-hybridized carbons (Fsp3) is 0.250. The standard InChI is InChI=1S/C12H11ClFNO4/c1-7(2)19-11(16)4-3-8-5-9(13)12(15(17)18)10(14)6-8/h3-7H,1-2H3/b4-3+. The first kappa shape index (κ1) is 15.1. The summed E-state index contributed by atoms with van der Waals surface area (Å²) >= 11 is 5.60. The van der Waals surface area contributed by atoms with E-state index in [-0.39, 0.29) is 16.7 Å². The molecule has 1 aromatic carbocycles. The van der Waals surface area contributed by atoms with Crippen molar-refractivity contribution in [2.45, 2.75) is 20.0 Å². The van der Waals surface area contributed by atoms with Gasteiger partial charge in [-0.1, -0.05) is 11.6 Å². The summed E-state index contributed by atoms with van der Waals surface area (Å²) in [4.78, 5) is 20.9. The number of rotatable bonds is 4. The van der Waals surface area contributed by atoms with Gasteiger partial charge in [0.25, 0.3) is 0 Å². The van der Waals surface area contributed by atoms with Gasteiger partial charge in [0.15, 0.2) is 0 Å². The molecule has 0 heterocycles. The van der Waals surface area contributed by atoms with Gasteiger partial charge in [-0.05, 0) is 37.6 Å². The Labute approximate surface area is 113 Å². The maximum Gasteiger partial charge on any atom is 0.331 e. The van der Waals surface area contributed by atoms with Crippen LogP contribution in [0.1, 0.15) is 19.4 Å². The minimum atomic E-state index is -1.06. The molecule has 7 heteroatoms. The second-order valence-corrected chi connectivity index (χ2v) is 4.32. The summed E-state index contributed by atoms with van der Waals surface area (Å²) in [5.74, 6) is -1.65. The van der Waals surface area contributed by atoms with Gasteiger partial charge in [0.1, 0.15) is 5.02 Å². The second kappa shape index (κ2) is 6.29. The normalized spacial score (nSPS) is 11.0. The van der Waals surface area contributed by atoms with Crippen molar-refractivity contribution in [1.29, 1.82) is 0 Å². The molecule has 1 aromatic rings. The fourth-order valence-corrected chi connectivity index (χ4v) is 1.58. The van der Waals surface area contributed by atoms with E-state index in [4.69, 9.17) is 16.3 Å². The van der Waals surface area contributed by atoms with Crippen LogP contribution in [-0.2, 0) is 9.53 Å². The highest BCUT2D eigenvalue weighted by atomic mass is 35.5. The summed E-state index contributed by atoms with van der Waals surface area (Å²) in [5.41, 5.74) is -0.558. The van der Waals surface area contributed by atoms with Gasteiger partial charge in [0.05, 0.1) is 11.0 Å². The molecule has 0 amide bonds. The monoisotopic (exact) mass is 287 g/mol. The van der Waals surface area contributed by atoms with E-state index in [0.717, 1.165) is 12.1 Å². The highest BCUT2D eigenvalue weighted by Crippen LogP contribution is 2.29. The molecule has 0 aliphatic rings. The molecule has 19 heavy (non-hydrogen) atoms. The van der Waals surface area contributed by atoms with E-state index in [1.807, 2.05) is 0 Å². The predicted molar refractivity (Wildman–Crippen MR) is 68.3 cm³/mol. The van der Waals surface area contributed by atoms with Crippen molar-refractivity contribution in [3.05, 3.63) is 44.7 Å². The number of carbonyl (C=O) groups is 1. The highest BCUT2D eigenvalue weighted by Gasteiger charge is 2.19. The van der Waals surface area contributed by atoms with Crippen LogP contribution in [0, 0.1) is 15.9 Å². The van der Waals surface area contributed by atoms with E-state index in [1.165, 1.54) is 12.1 Å². The molecule has 0 fully saturated rings. The van der Waals surface area contributed by atoms with Crippen LogP contribution >= 0.6 is 11.6 Å². The molecule has 1 rings (SSSR count). The van der Waals surface area contributed by atoms with Crippen molar-refractivity contribution in [3.63, 3.8) is 0 Å². The largest absolute Gasteiger partial charge is 0.460 e. The van der Waals surface area contributed by atoms with Crippen LogP contribution in [0.4, 0.5) is 10.1 Å². The van der Waals surface area contributed by atoms with Crippen LogP contribution in [0.5, 0.6) is 0 Å². The number of benzene rings is 1. The Morgan fingerprint density at radius 2 is 2.16 bits per heavy atom. The number of nitro benzene ring substituents is 1. The molecule has 0 saturated carbocycles. The summed E-state index contributed by atoms with van der Waals surface area (Å²) in [6, 6.07) is 2.12. The van der Waals surface area contributed by atoms with Gasteiger partial charge in [0, 0.05) is 6.08 Å². The van der Waals surface area contributed by atoms with Crippen molar-refractivity contribution in [2.75, 3.05) is 0 Å². The van der Waals surface area contributed by atoms with Gasteiger partial charge >= 0.3 is 11.7 Å². The smallest absolute Gasteiger partial charge is 0.331 e. The molecule has 0 aliphatic carbocycles.